The highest BCUT2D eigenvalue weighted by Gasteiger charge is 2.34. The van der Waals surface area contributed by atoms with Crippen molar-refractivity contribution < 1.29 is 0 Å². The molecule has 12 heteroatoms. The first-order valence-electron chi connectivity index (χ1n) is 34.7. The van der Waals surface area contributed by atoms with Gasteiger partial charge >= 0.3 is 0 Å². The summed E-state index contributed by atoms with van der Waals surface area (Å²) < 4.78 is 4.54. The van der Waals surface area contributed by atoms with Gasteiger partial charge in [0, 0.05) is 55.6 Å². The molecule has 0 amide bonds. The van der Waals surface area contributed by atoms with E-state index in [2.05, 4.69) is 280 Å². The van der Waals surface area contributed by atoms with Crippen LogP contribution < -0.4 is 9.80 Å². The summed E-state index contributed by atoms with van der Waals surface area (Å²) in [6.07, 6.45) is 0. The molecule has 0 saturated heterocycles. The van der Waals surface area contributed by atoms with Gasteiger partial charge in [0.15, 0.2) is 34.9 Å². The lowest BCUT2D eigenvalue weighted by Gasteiger charge is -2.26. The summed E-state index contributed by atoms with van der Waals surface area (Å²) in [5, 5.41) is 0. The quantitative estimate of drug-likeness (QED) is 0.131. The number of para-hydroxylation sites is 10. The van der Waals surface area contributed by atoms with Crippen molar-refractivity contribution >= 4 is 56.7 Å². The third-order valence-corrected chi connectivity index (χ3v) is 19.2. The van der Waals surface area contributed by atoms with Crippen LogP contribution in [0.3, 0.4) is 0 Å². The maximum absolute atomic E-state index is 5.31. The van der Waals surface area contributed by atoms with Gasteiger partial charge in [-0.15, -0.1) is 0 Å². The Labute approximate surface area is 600 Å². The molecule has 0 radical (unpaired) electrons. The van der Waals surface area contributed by atoms with Gasteiger partial charge < -0.3 is 0 Å². The topological polar surface area (TPSA) is 119 Å². The zero-order chi connectivity index (χ0) is 68.9. The van der Waals surface area contributed by atoms with Crippen LogP contribution in [0, 0.1) is 0 Å². The molecule has 14 aromatic carbocycles. The number of imidazole rings is 2. The average molecular weight is 1330 g/mol. The van der Waals surface area contributed by atoms with Gasteiger partial charge in [0.2, 0.25) is 11.9 Å². The minimum absolute atomic E-state index is 0.573. The lowest BCUT2D eigenvalue weighted by molar-refractivity contribution is 1.04. The maximum Gasteiger partial charge on any atom is 0.220 e. The molecule has 0 atom stereocenters. The van der Waals surface area contributed by atoms with Gasteiger partial charge in [0.1, 0.15) is 0 Å². The fourth-order valence-corrected chi connectivity index (χ4v) is 14.5. The van der Waals surface area contributed by atoms with E-state index in [1.54, 1.807) is 0 Å². The predicted octanol–water partition coefficient (Wildman–Crippen LogP) is 22.7. The molecule has 0 N–H and O–H groups in total. The van der Waals surface area contributed by atoms with Crippen molar-refractivity contribution in [3.05, 3.63) is 364 Å². The Morgan fingerprint density at radius 1 is 0.163 bits per heavy atom. The van der Waals surface area contributed by atoms with E-state index in [9.17, 15) is 0 Å². The first-order chi connectivity index (χ1) is 51.6. The van der Waals surface area contributed by atoms with E-state index in [0.29, 0.717) is 34.9 Å². The molecule has 6 heterocycles. The van der Waals surface area contributed by atoms with Gasteiger partial charge in [-0.3, -0.25) is 18.9 Å². The van der Waals surface area contributed by atoms with Crippen molar-refractivity contribution in [2.75, 3.05) is 9.80 Å². The van der Waals surface area contributed by atoms with Gasteiger partial charge in [-0.05, 0) is 101 Å². The minimum Gasteiger partial charge on any atom is -0.279 e. The van der Waals surface area contributed by atoms with Gasteiger partial charge in [-0.25, -0.2) is 39.9 Å². The van der Waals surface area contributed by atoms with Gasteiger partial charge in [0.25, 0.3) is 0 Å². The third-order valence-electron chi connectivity index (χ3n) is 19.2. The molecule has 0 spiro atoms. The Hall–Kier alpha value is -14.4. The molecular formula is C92H60N12. The lowest BCUT2D eigenvalue weighted by atomic mass is 9.99. The second-order valence-corrected chi connectivity index (χ2v) is 25.4. The summed E-state index contributed by atoms with van der Waals surface area (Å²) in [6, 6.07) is 125. The van der Waals surface area contributed by atoms with Crippen LogP contribution in [-0.2, 0) is 0 Å². The summed E-state index contributed by atoms with van der Waals surface area (Å²) in [4.78, 5) is 46.2. The van der Waals surface area contributed by atoms with Crippen LogP contribution in [0.25, 0.3) is 146 Å². The largest absolute Gasteiger partial charge is 0.279 e. The number of benzene rings is 14. The SMILES string of the molecule is c1ccc(-c2cccc(-c3nc(-c4ccccc4)nc(-c4ccccc4N4c5ccccc5-c5ccccc5-n5c4nc4ccccc45)n3)c2)cc1.c1ccc(-c2nc(-c3ccccc3-c3ccccc3)nc(-c3ccccc3N3c4ccccc4-c4ccccc4-n4c3nc3ccccc34)n2)cc1. The zero-order valence-corrected chi connectivity index (χ0v) is 56.0. The van der Waals surface area contributed by atoms with Crippen LogP contribution in [0.1, 0.15) is 0 Å². The van der Waals surface area contributed by atoms with Crippen molar-refractivity contribution in [1.82, 2.24) is 49.0 Å². The van der Waals surface area contributed by atoms with E-state index < -0.39 is 0 Å². The van der Waals surface area contributed by atoms with Crippen molar-refractivity contribution in [1.29, 1.82) is 0 Å². The van der Waals surface area contributed by atoms with E-state index in [1.807, 2.05) is 103 Å². The molecule has 0 bridgehead atoms. The molecule has 4 aromatic heterocycles. The number of aromatic nitrogens is 10. The molecule has 20 rings (SSSR count). The normalized spacial score (nSPS) is 11.8. The van der Waals surface area contributed by atoms with E-state index in [0.717, 1.165) is 146 Å². The Morgan fingerprint density at radius 3 is 0.894 bits per heavy atom. The highest BCUT2D eigenvalue weighted by Crippen LogP contribution is 2.52. The van der Waals surface area contributed by atoms with Gasteiger partial charge in [-0.2, -0.15) is 0 Å². The first kappa shape index (κ1) is 60.8. The van der Waals surface area contributed by atoms with Gasteiger partial charge in [0.05, 0.1) is 56.2 Å². The molecule has 0 unspecified atom stereocenters. The molecule has 2 aliphatic rings. The summed E-state index contributed by atoms with van der Waals surface area (Å²) in [5.41, 5.74) is 24.2. The zero-order valence-electron chi connectivity index (χ0n) is 56.0. The summed E-state index contributed by atoms with van der Waals surface area (Å²) in [5.74, 6) is 5.15. The van der Waals surface area contributed by atoms with Gasteiger partial charge in [-0.1, -0.05) is 285 Å². The Morgan fingerprint density at radius 2 is 0.442 bits per heavy atom. The highest BCUT2D eigenvalue weighted by atomic mass is 15.3. The number of rotatable bonds is 10. The number of hydrogen-bond acceptors (Lipinski definition) is 10. The van der Waals surface area contributed by atoms with E-state index in [-0.39, 0.29) is 0 Å². The number of hydrogen-bond donors (Lipinski definition) is 0. The average Bonchev–Trinajstić information content (AvgIpc) is 1.57. The number of anilines is 6. The van der Waals surface area contributed by atoms with Crippen molar-refractivity contribution in [2.24, 2.45) is 0 Å². The smallest absolute Gasteiger partial charge is 0.220 e. The maximum atomic E-state index is 5.31. The fourth-order valence-electron chi connectivity index (χ4n) is 14.5. The van der Waals surface area contributed by atoms with Crippen LogP contribution in [0.4, 0.5) is 34.6 Å². The number of nitrogens with zero attached hydrogens (tertiary/aromatic N) is 12. The highest BCUT2D eigenvalue weighted by molar-refractivity contribution is 6.01. The lowest BCUT2D eigenvalue weighted by Crippen LogP contribution is -2.15. The van der Waals surface area contributed by atoms with Crippen molar-refractivity contribution in [3.63, 3.8) is 0 Å². The standard InChI is InChI=1S/2C46H30N6/c1-3-16-31(17-4-1)33-20-15-21-34(30-33)44-48-43(32-18-5-2-6-19-32)49-45(50-44)37-24-9-13-28-41(37)51-39-26-11-7-22-35(39)36-23-8-12-27-40(36)52-42-29-14-10-25-38(42)47-46(51)52;1-3-17-31(18-4-1)33-21-7-8-24-36(33)44-48-43(32-19-5-2-6-20-32)49-45(50-44)37-25-11-15-29-41(37)51-39-27-13-9-22-34(39)35-23-10-14-28-40(35)52-42-30-16-12-26-38(42)47-46(51)52/h2*1-30H. The van der Waals surface area contributed by atoms with Crippen LogP contribution in [0.2, 0.25) is 0 Å². The third kappa shape index (κ3) is 10.8. The van der Waals surface area contributed by atoms with Crippen LogP contribution in [0.15, 0.2) is 364 Å². The van der Waals surface area contributed by atoms with Crippen molar-refractivity contribution in [2.45, 2.75) is 0 Å². The molecular weight excluding hydrogens is 1270 g/mol. The van der Waals surface area contributed by atoms with E-state index in [1.165, 1.54) is 0 Å². The van der Waals surface area contributed by atoms with Crippen molar-refractivity contribution in [3.8, 4) is 124 Å². The Bertz CT molecular complexity index is 6270. The minimum atomic E-state index is 0.573. The monoisotopic (exact) mass is 1330 g/mol. The molecule has 0 fully saturated rings. The molecule has 18 aromatic rings. The summed E-state index contributed by atoms with van der Waals surface area (Å²) in [6.45, 7) is 0. The molecule has 2 aliphatic heterocycles. The molecule has 488 valence electrons. The second-order valence-electron chi connectivity index (χ2n) is 25.4. The predicted molar refractivity (Wildman–Crippen MR) is 420 cm³/mol. The Balaban J connectivity index is 0.000000143. The van der Waals surface area contributed by atoms with Crippen LogP contribution >= 0.6 is 0 Å². The molecule has 0 aliphatic carbocycles. The Kier molecular flexibility index (Phi) is 15.2. The van der Waals surface area contributed by atoms with E-state index in [4.69, 9.17) is 39.9 Å². The molecule has 12 nitrogen and oxygen atoms in total. The summed E-state index contributed by atoms with van der Waals surface area (Å²) >= 11 is 0. The fraction of sp³-hybridized carbons (Fsp3) is 0. The molecule has 0 saturated carbocycles. The first-order valence-corrected chi connectivity index (χ1v) is 34.7. The second kappa shape index (κ2) is 26.1. The van der Waals surface area contributed by atoms with Crippen LogP contribution in [-0.4, -0.2) is 49.0 Å². The van der Waals surface area contributed by atoms with E-state index >= 15 is 0 Å². The van der Waals surface area contributed by atoms with Crippen LogP contribution in [0.5, 0.6) is 0 Å². The number of fused-ring (bicyclic) bond motifs is 14. The summed E-state index contributed by atoms with van der Waals surface area (Å²) in [7, 11) is 0. The molecule has 104 heavy (non-hydrogen) atoms.